The van der Waals surface area contributed by atoms with Gasteiger partial charge in [-0.3, -0.25) is 0 Å². The van der Waals surface area contributed by atoms with Gasteiger partial charge in [-0.05, 0) is 12.8 Å². The van der Waals surface area contributed by atoms with Gasteiger partial charge in [0.1, 0.15) is 0 Å². The molecule has 0 rings (SSSR count). The highest BCUT2D eigenvalue weighted by atomic mass is 16.3. The third-order valence-corrected chi connectivity index (χ3v) is 7.28. The number of unbranched alkanes of at least 4 members (excludes halogenated alkanes) is 24. The molecule has 0 aromatic rings. The molecule has 0 aliphatic carbocycles. The second-order valence-corrected chi connectivity index (χ2v) is 10.7. The maximum atomic E-state index is 10.1. The molecule has 0 aliphatic rings. The van der Waals surface area contributed by atoms with Crippen LogP contribution in [-0.2, 0) is 0 Å². The predicted octanol–water partition coefficient (Wildman–Crippen LogP) is 11.3. The Morgan fingerprint density at radius 1 is 0.312 bits per heavy atom. The van der Waals surface area contributed by atoms with Crippen molar-refractivity contribution in [2.45, 2.75) is 200 Å². The molecule has 0 saturated carbocycles. The van der Waals surface area contributed by atoms with E-state index < -0.39 is 0 Å². The Morgan fingerprint density at radius 3 is 0.719 bits per heavy atom. The van der Waals surface area contributed by atoms with Gasteiger partial charge in [-0.25, -0.2) is 0 Å². The molecular formula is C31H64O. The van der Waals surface area contributed by atoms with Crippen molar-refractivity contribution in [2.24, 2.45) is 0 Å². The zero-order chi connectivity index (χ0) is 23.4. The highest BCUT2D eigenvalue weighted by molar-refractivity contribution is 4.57. The van der Waals surface area contributed by atoms with E-state index in [9.17, 15) is 5.11 Å². The van der Waals surface area contributed by atoms with Crippen LogP contribution >= 0.6 is 0 Å². The van der Waals surface area contributed by atoms with Gasteiger partial charge in [0.05, 0.1) is 6.10 Å². The first-order chi connectivity index (χ1) is 15.8. The fourth-order valence-corrected chi connectivity index (χ4v) is 4.94. The first-order valence-electron chi connectivity index (χ1n) is 15.5. The summed E-state index contributed by atoms with van der Waals surface area (Å²) >= 11 is 0. The van der Waals surface area contributed by atoms with Crippen LogP contribution in [0.4, 0.5) is 0 Å². The molecule has 0 spiro atoms. The first kappa shape index (κ1) is 32.0. The van der Waals surface area contributed by atoms with Crippen molar-refractivity contribution in [1.82, 2.24) is 0 Å². The van der Waals surface area contributed by atoms with Crippen LogP contribution in [0, 0.1) is 0 Å². The molecule has 194 valence electrons. The summed E-state index contributed by atoms with van der Waals surface area (Å²) < 4.78 is 0. The van der Waals surface area contributed by atoms with E-state index >= 15 is 0 Å². The lowest BCUT2D eigenvalue weighted by Crippen LogP contribution is -2.05. The zero-order valence-corrected chi connectivity index (χ0v) is 22.8. The fraction of sp³-hybridized carbons (Fsp3) is 1.00. The van der Waals surface area contributed by atoms with Gasteiger partial charge in [-0.1, -0.05) is 181 Å². The number of hydrogen-bond donors (Lipinski definition) is 1. The molecule has 1 unspecified atom stereocenters. The van der Waals surface area contributed by atoms with Crippen molar-refractivity contribution in [3.8, 4) is 0 Å². The molecule has 1 heteroatoms. The molecule has 0 heterocycles. The van der Waals surface area contributed by atoms with E-state index in [0.717, 1.165) is 12.8 Å². The average Bonchev–Trinajstić information content (AvgIpc) is 2.80. The quantitative estimate of drug-likeness (QED) is 0.117. The number of rotatable bonds is 28. The Labute approximate surface area is 204 Å². The van der Waals surface area contributed by atoms with Crippen molar-refractivity contribution in [3.63, 3.8) is 0 Å². The maximum Gasteiger partial charge on any atom is 0.0540 e. The van der Waals surface area contributed by atoms with E-state index in [-0.39, 0.29) is 6.10 Å². The van der Waals surface area contributed by atoms with Gasteiger partial charge in [-0.2, -0.15) is 0 Å². The summed E-state index contributed by atoms with van der Waals surface area (Å²) in [6, 6.07) is 0. The minimum atomic E-state index is -0.0306. The minimum absolute atomic E-state index is 0.0306. The molecule has 1 nitrogen and oxygen atoms in total. The van der Waals surface area contributed by atoms with Crippen LogP contribution in [0.15, 0.2) is 0 Å². The van der Waals surface area contributed by atoms with Gasteiger partial charge in [0, 0.05) is 0 Å². The smallest absolute Gasteiger partial charge is 0.0540 e. The van der Waals surface area contributed by atoms with Gasteiger partial charge < -0.3 is 5.11 Å². The molecular weight excluding hydrogens is 388 g/mol. The summed E-state index contributed by atoms with van der Waals surface area (Å²) in [6.07, 6.45) is 38.7. The molecule has 0 radical (unpaired) electrons. The molecule has 0 fully saturated rings. The van der Waals surface area contributed by atoms with Gasteiger partial charge in [0.25, 0.3) is 0 Å². The van der Waals surface area contributed by atoms with Crippen LogP contribution in [0.2, 0.25) is 0 Å². The van der Waals surface area contributed by atoms with Gasteiger partial charge in [0.2, 0.25) is 0 Å². The van der Waals surface area contributed by atoms with E-state index in [1.165, 1.54) is 167 Å². The van der Waals surface area contributed by atoms with Gasteiger partial charge >= 0.3 is 0 Å². The van der Waals surface area contributed by atoms with Crippen LogP contribution in [0.1, 0.15) is 194 Å². The molecule has 1 atom stereocenters. The standard InChI is InChI=1S/C31H64O/c1-3-5-7-9-10-11-12-13-14-15-16-17-18-19-20-21-22-23-24-26-28-30-31(32)29-27-25-8-6-4-2/h31-32H,3-30H2,1-2H3. The van der Waals surface area contributed by atoms with E-state index in [0.29, 0.717) is 0 Å². The number of aliphatic hydroxyl groups excluding tert-OH is 1. The number of hydrogen-bond acceptors (Lipinski definition) is 1. The third kappa shape index (κ3) is 28.0. The monoisotopic (exact) mass is 452 g/mol. The van der Waals surface area contributed by atoms with Crippen LogP contribution in [0.5, 0.6) is 0 Å². The SMILES string of the molecule is CCCCCCCCCCCCCCCCCCCCCCCC(O)CCCCCCC. The van der Waals surface area contributed by atoms with Crippen molar-refractivity contribution in [2.75, 3.05) is 0 Å². The Balaban J connectivity index is 3.07. The Morgan fingerprint density at radius 2 is 0.500 bits per heavy atom. The Bertz CT molecular complexity index is 314. The molecule has 0 amide bonds. The second kappa shape index (κ2) is 29.0. The van der Waals surface area contributed by atoms with Crippen LogP contribution < -0.4 is 0 Å². The van der Waals surface area contributed by atoms with E-state index in [1.54, 1.807) is 0 Å². The lowest BCUT2D eigenvalue weighted by molar-refractivity contribution is 0.147. The Kier molecular flexibility index (Phi) is 29.0. The lowest BCUT2D eigenvalue weighted by atomic mass is 10.0. The average molecular weight is 453 g/mol. The van der Waals surface area contributed by atoms with Crippen molar-refractivity contribution < 1.29 is 5.11 Å². The van der Waals surface area contributed by atoms with Crippen LogP contribution in [-0.4, -0.2) is 11.2 Å². The van der Waals surface area contributed by atoms with Crippen molar-refractivity contribution >= 4 is 0 Å². The first-order valence-corrected chi connectivity index (χ1v) is 15.5. The van der Waals surface area contributed by atoms with Gasteiger partial charge in [-0.15, -0.1) is 0 Å². The van der Waals surface area contributed by atoms with Gasteiger partial charge in [0.15, 0.2) is 0 Å². The van der Waals surface area contributed by atoms with Crippen molar-refractivity contribution in [1.29, 1.82) is 0 Å². The summed E-state index contributed by atoms with van der Waals surface area (Å²) in [4.78, 5) is 0. The highest BCUT2D eigenvalue weighted by Gasteiger charge is 2.03. The van der Waals surface area contributed by atoms with E-state index in [1.807, 2.05) is 0 Å². The van der Waals surface area contributed by atoms with Crippen LogP contribution in [0.25, 0.3) is 0 Å². The number of aliphatic hydroxyl groups is 1. The van der Waals surface area contributed by atoms with E-state index in [4.69, 9.17) is 0 Å². The molecule has 32 heavy (non-hydrogen) atoms. The van der Waals surface area contributed by atoms with Crippen molar-refractivity contribution in [3.05, 3.63) is 0 Å². The minimum Gasteiger partial charge on any atom is -0.393 e. The zero-order valence-electron chi connectivity index (χ0n) is 22.8. The summed E-state index contributed by atoms with van der Waals surface area (Å²) in [5, 5.41) is 10.1. The lowest BCUT2D eigenvalue weighted by Gasteiger charge is -2.10. The molecule has 0 aromatic heterocycles. The summed E-state index contributed by atoms with van der Waals surface area (Å²) in [6.45, 7) is 4.56. The molecule has 0 bridgehead atoms. The topological polar surface area (TPSA) is 20.2 Å². The Hall–Kier alpha value is -0.0400. The fourth-order valence-electron chi connectivity index (χ4n) is 4.94. The maximum absolute atomic E-state index is 10.1. The normalized spacial score (nSPS) is 12.5. The summed E-state index contributed by atoms with van der Waals surface area (Å²) in [5.41, 5.74) is 0. The summed E-state index contributed by atoms with van der Waals surface area (Å²) in [5.74, 6) is 0. The highest BCUT2D eigenvalue weighted by Crippen LogP contribution is 2.16. The molecule has 0 aliphatic heterocycles. The van der Waals surface area contributed by atoms with E-state index in [2.05, 4.69) is 13.8 Å². The third-order valence-electron chi connectivity index (χ3n) is 7.28. The largest absolute Gasteiger partial charge is 0.393 e. The molecule has 0 aromatic carbocycles. The van der Waals surface area contributed by atoms with Crippen LogP contribution in [0.3, 0.4) is 0 Å². The molecule has 1 N–H and O–H groups in total. The predicted molar refractivity (Wildman–Crippen MR) is 147 cm³/mol. The second-order valence-electron chi connectivity index (χ2n) is 10.7. The summed E-state index contributed by atoms with van der Waals surface area (Å²) in [7, 11) is 0. The molecule has 0 saturated heterocycles.